The first-order chi connectivity index (χ1) is 10.2. The summed E-state index contributed by atoms with van der Waals surface area (Å²) in [4.78, 5) is 19.3. The van der Waals surface area contributed by atoms with Crippen molar-refractivity contribution in [2.75, 3.05) is 46.4 Å². The molecule has 0 aromatic heterocycles. The van der Waals surface area contributed by atoms with Gasteiger partial charge in [-0.3, -0.25) is 14.6 Å². The van der Waals surface area contributed by atoms with E-state index >= 15 is 0 Å². The predicted molar refractivity (Wildman–Crippen MR) is 82.2 cm³/mol. The molecule has 3 heterocycles. The van der Waals surface area contributed by atoms with Crippen LogP contribution in [-0.2, 0) is 9.53 Å². The Hall–Kier alpha value is -0.650. The predicted octanol–water partition coefficient (Wildman–Crippen LogP) is 0.792. The van der Waals surface area contributed by atoms with Crippen molar-refractivity contribution >= 4 is 5.97 Å². The number of nitrogens with zero attached hydrogens (tertiary/aromatic N) is 3. The van der Waals surface area contributed by atoms with Gasteiger partial charge in [-0.25, -0.2) is 0 Å². The molecule has 3 aliphatic rings. The van der Waals surface area contributed by atoms with Crippen molar-refractivity contribution in [2.45, 2.75) is 50.7 Å². The maximum absolute atomic E-state index is 11.8. The number of ether oxygens (including phenoxy) is 1. The third-order valence-corrected chi connectivity index (χ3v) is 5.53. The summed E-state index contributed by atoms with van der Waals surface area (Å²) in [6.45, 7) is 7.67. The zero-order chi connectivity index (χ0) is 14.8. The van der Waals surface area contributed by atoms with Crippen molar-refractivity contribution in [3.63, 3.8) is 0 Å². The molecule has 5 nitrogen and oxygen atoms in total. The Balaban J connectivity index is 1.55. The Morgan fingerprint density at radius 3 is 2.24 bits per heavy atom. The summed E-state index contributed by atoms with van der Waals surface area (Å²) in [5, 5.41) is 0. The molecule has 0 amide bonds. The average molecular weight is 295 g/mol. The molecule has 0 aliphatic carbocycles. The lowest BCUT2D eigenvalue weighted by molar-refractivity contribution is -0.146. The van der Waals surface area contributed by atoms with Crippen molar-refractivity contribution in [3.05, 3.63) is 0 Å². The molecule has 0 spiro atoms. The zero-order valence-electron chi connectivity index (χ0n) is 13.5. The Bertz CT molecular complexity index is 355. The Morgan fingerprint density at radius 1 is 1.05 bits per heavy atom. The van der Waals surface area contributed by atoms with Crippen LogP contribution in [0, 0.1) is 0 Å². The molecule has 0 aromatic rings. The van der Waals surface area contributed by atoms with Crippen molar-refractivity contribution in [1.29, 1.82) is 0 Å². The molecule has 3 rings (SSSR count). The van der Waals surface area contributed by atoms with Crippen LogP contribution in [-0.4, -0.2) is 85.2 Å². The van der Waals surface area contributed by atoms with Crippen LogP contribution >= 0.6 is 0 Å². The summed E-state index contributed by atoms with van der Waals surface area (Å²) in [6.07, 6.45) is 4.99. The van der Waals surface area contributed by atoms with Gasteiger partial charge in [0.25, 0.3) is 0 Å². The van der Waals surface area contributed by atoms with Crippen molar-refractivity contribution in [1.82, 2.24) is 14.7 Å². The highest BCUT2D eigenvalue weighted by molar-refractivity contribution is 5.71. The monoisotopic (exact) mass is 295 g/mol. The second-order valence-corrected chi connectivity index (χ2v) is 6.83. The van der Waals surface area contributed by atoms with Gasteiger partial charge in [-0.2, -0.15) is 0 Å². The lowest BCUT2D eigenvalue weighted by atomic mass is 9.95. The van der Waals surface area contributed by atoms with Gasteiger partial charge in [0.2, 0.25) is 0 Å². The van der Waals surface area contributed by atoms with Gasteiger partial charge < -0.3 is 9.64 Å². The minimum atomic E-state index is -0.0487. The minimum absolute atomic E-state index is 0.0487. The maximum atomic E-state index is 11.8. The fourth-order valence-corrected chi connectivity index (χ4v) is 4.34. The summed E-state index contributed by atoms with van der Waals surface area (Å²) in [7, 11) is 2.21. The van der Waals surface area contributed by atoms with E-state index in [1.807, 2.05) is 6.92 Å². The first kappa shape index (κ1) is 15.3. The first-order valence-electron chi connectivity index (χ1n) is 8.51. The van der Waals surface area contributed by atoms with E-state index in [-0.39, 0.29) is 5.97 Å². The maximum Gasteiger partial charge on any atom is 0.320 e. The lowest BCUT2D eigenvalue weighted by Crippen LogP contribution is -2.55. The SMILES string of the molecule is CCOC(=O)CN1C2CCC1CC(N1CCN(C)CC1)C2. The molecule has 0 N–H and O–H groups in total. The van der Waals surface area contributed by atoms with E-state index in [4.69, 9.17) is 4.74 Å². The molecule has 2 bridgehead atoms. The molecule has 120 valence electrons. The van der Waals surface area contributed by atoms with Gasteiger partial charge in [0.1, 0.15) is 0 Å². The van der Waals surface area contributed by atoms with Crippen LogP contribution in [0.4, 0.5) is 0 Å². The van der Waals surface area contributed by atoms with Gasteiger partial charge in [-0.05, 0) is 39.7 Å². The molecular weight excluding hydrogens is 266 g/mol. The number of rotatable bonds is 4. The molecule has 3 saturated heterocycles. The van der Waals surface area contributed by atoms with Crippen LogP contribution in [0.5, 0.6) is 0 Å². The highest BCUT2D eigenvalue weighted by Crippen LogP contribution is 2.37. The molecule has 0 aromatic carbocycles. The van der Waals surface area contributed by atoms with Crippen molar-refractivity contribution in [2.24, 2.45) is 0 Å². The number of likely N-dealkylation sites (N-methyl/N-ethyl adjacent to an activating group) is 1. The second kappa shape index (κ2) is 6.63. The molecular formula is C16H29N3O2. The average Bonchev–Trinajstić information content (AvgIpc) is 2.71. The zero-order valence-corrected chi connectivity index (χ0v) is 13.5. The summed E-state index contributed by atoms with van der Waals surface area (Å²) >= 11 is 0. The number of carbonyl (C=O) groups is 1. The van der Waals surface area contributed by atoms with Crippen LogP contribution in [0.25, 0.3) is 0 Å². The summed E-state index contributed by atoms with van der Waals surface area (Å²) in [6, 6.07) is 1.92. The Morgan fingerprint density at radius 2 is 1.67 bits per heavy atom. The number of piperazine rings is 1. The van der Waals surface area contributed by atoms with E-state index in [1.165, 1.54) is 51.9 Å². The van der Waals surface area contributed by atoms with Crippen LogP contribution < -0.4 is 0 Å². The van der Waals surface area contributed by atoms with Gasteiger partial charge in [-0.1, -0.05) is 0 Å². The number of esters is 1. The van der Waals surface area contributed by atoms with E-state index in [1.54, 1.807) is 0 Å². The molecule has 21 heavy (non-hydrogen) atoms. The van der Waals surface area contributed by atoms with Crippen LogP contribution in [0.3, 0.4) is 0 Å². The number of carbonyl (C=O) groups excluding carboxylic acids is 1. The number of fused-ring (bicyclic) bond motifs is 2. The smallest absolute Gasteiger partial charge is 0.320 e. The molecule has 2 atom stereocenters. The standard InChI is InChI=1S/C16H29N3O2/c1-3-21-16(20)12-19-13-4-5-14(19)11-15(10-13)18-8-6-17(2)7-9-18/h13-15H,3-12H2,1-2H3. The molecule has 2 unspecified atom stereocenters. The number of hydrogen-bond donors (Lipinski definition) is 0. The fourth-order valence-electron chi connectivity index (χ4n) is 4.34. The molecule has 5 heteroatoms. The third-order valence-electron chi connectivity index (χ3n) is 5.53. The van der Waals surface area contributed by atoms with Gasteiger partial charge >= 0.3 is 5.97 Å². The quantitative estimate of drug-likeness (QED) is 0.717. The van der Waals surface area contributed by atoms with E-state index in [0.29, 0.717) is 25.2 Å². The van der Waals surface area contributed by atoms with E-state index in [2.05, 4.69) is 21.7 Å². The number of piperidine rings is 1. The van der Waals surface area contributed by atoms with Crippen LogP contribution in [0.1, 0.15) is 32.6 Å². The molecule has 3 aliphatic heterocycles. The summed E-state index contributed by atoms with van der Waals surface area (Å²) in [5.74, 6) is -0.0487. The minimum Gasteiger partial charge on any atom is -0.465 e. The Kier molecular flexibility index (Phi) is 4.82. The van der Waals surface area contributed by atoms with Gasteiger partial charge in [-0.15, -0.1) is 0 Å². The van der Waals surface area contributed by atoms with Gasteiger partial charge in [0.15, 0.2) is 0 Å². The summed E-state index contributed by atoms with van der Waals surface area (Å²) < 4.78 is 5.13. The van der Waals surface area contributed by atoms with E-state index in [9.17, 15) is 4.79 Å². The third kappa shape index (κ3) is 3.41. The summed E-state index contributed by atoms with van der Waals surface area (Å²) in [5.41, 5.74) is 0. The van der Waals surface area contributed by atoms with E-state index in [0.717, 1.165) is 6.04 Å². The fraction of sp³-hybridized carbons (Fsp3) is 0.938. The van der Waals surface area contributed by atoms with Crippen LogP contribution in [0.2, 0.25) is 0 Å². The first-order valence-corrected chi connectivity index (χ1v) is 8.51. The van der Waals surface area contributed by atoms with Crippen molar-refractivity contribution < 1.29 is 9.53 Å². The second-order valence-electron chi connectivity index (χ2n) is 6.83. The molecule has 0 radical (unpaired) electrons. The molecule has 0 saturated carbocycles. The van der Waals surface area contributed by atoms with E-state index < -0.39 is 0 Å². The normalized spacial score (nSPS) is 35.0. The lowest BCUT2D eigenvalue weighted by Gasteiger charge is -2.45. The van der Waals surface area contributed by atoms with Gasteiger partial charge in [0.05, 0.1) is 13.2 Å². The topological polar surface area (TPSA) is 36.0 Å². The van der Waals surface area contributed by atoms with Crippen LogP contribution in [0.15, 0.2) is 0 Å². The Labute approximate surface area is 128 Å². The largest absolute Gasteiger partial charge is 0.465 e. The molecule has 3 fully saturated rings. The number of hydrogen-bond acceptors (Lipinski definition) is 5. The highest BCUT2D eigenvalue weighted by Gasteiger charge is 2.43. The van der Waals surface area contributed by atoms with Gasteiger partial charge in [0, 0.05) is 44.3 Å². The highest BCUT2D eigenvalue weighted by atomic mass is 16.5. The van der Waals surface area contributed by atoms with Crippen molar-refractivity contribution in [3.8, 4) is 0 Å².